The minimum absolute atomic E-state index is 0.00435. The number of hydrogen-bond acceptors (Lipinski definition) is 7. The molecule has 0 aromatic heterocycles. The van der Waals surface area contributed by atoms with E-state index in [2.05, 4.69) is 0 Å². The molecule has 0 unspecified atom stereocenters. The van der Waals surface area contributed by atoms with E-state index in [4.69, 9.17) is 23.7 Å². The van der Waals surface area contributed by atoms with Gasteiger partial charge in [0.2, 0.25) is 0 Å². The molecule has 0 fully saturated rings. The van der Waals surface area contributed by atoms with Crippen LogP contribution in [0, 0.1) is 0 Å². The molecule has 0 N–H and O–H groups in total. The monoisotopic (exact) mass is 326 g/mol. The van der Waals surface area contributed by atoms with Gasteiger partial charge in [-0.05, 0) is 20.8 Å². The molecule has 128 valence electrons. The zero-order valence-electron chi connectivity index (χ0n) is 14.1. The first-order valence-corrected chi connectivity index (χ1v) is 7.31. The Kier molecular flexibility index (Phi) is 7.18. The van der Waals surface area contributed by atoms with Crippen LogP contribution in [0.15, 0.2) is 6.07 Å². The number of methoxy groups -OCH3 is 2. The average Bonchev–Trinajstić information content (AvgIpc) is 2.53. The van der Waals surface area contributed by atoms with Crippen molar-refractivity contribution >= 4 is 11.9 Å². The summed E-state index contributed by atoms with van der Waals surface area (Å²) in [4.78, 5) is 24.5. The van der Waals surface area contributed by atoms with E-state index in [1.807, 2.05) is 0 Å². The molecular weight excluding hydrogens is 304 g/mol. The standard InChI is InChI=1S/C16H22O7/c1-6-21-11-9-10(19-4)12(15(17)22-7-2)14(20-5)13(11)16(18)23-8-3/h9H,6-8H2,1-5H3. The van der Waals surface area contributed by atoms with Crippen LogP contribution in [-0.4, -0.2) is 46.0 Å². The molecule has 0 radical (unpaired) electrons. The summed E-state index contributed by atoms with van der Waals surface area (Å²) in [6, 6.07) is 1.45. The van der Waals surface area contributed by atoms with Crippen molar-refractivity contribution in [1.82, 2.24) is 0 Å². The molecule has 0 atom stereocenters. The highest BCUT2D eigenvalue weighted by molar-refractivity contribution is 6.04. The van der Waals surface area contributed by atoms with E-state index >= 15 is 0 Å². The number of hydrogen-bond donors (Lipinski definition) is 0. The van der Waals surface area contributed by atoms with Crippen molar-refractivity contribution in [2.75, 3.05) is 34.0 Å². The number of rotatable bonds is 8. The van der Waals surface area contributed by atoms with Crippen molar-refractivity contribution in [3.05, 3.63) is 17.2 Å². The third-order valence-electron chi connectivity index (χ3n) is 2.89. The largest absolute Gasteiger partial charge is 0.496 e. The number of ether oxygens (including phenoxy) is 5. The summed E-state index contributed by atoms with van der Waals surface area (Å²) < 4.78 is 26.0. The molecule has 0 aliphatic carbocycles. The molecule has 0 saturated heterocycles. The molecule has 1 aromatic rings. The summed E-state index contributed by atoms with van der Waals surface area (Å²) in [5, 5.41) is 0. The first-order valence-electron chi connectivity index (χ1n) is 7.31. The van der Waals surface area contributed by atoms with E-state index in [0.29, 0.717) is 6.61 Å². The van der Waals surface area contributed by atoms with Crippen LogP contribution in [0.4, 0.5) is 0 Å². The van der Waals surface area contributed by atoms with Crippen LogP contribution in [0.1, 0.15) is 41.5 Å². The molecule has 0 aliphatic heterocycles. The van der Waals surface area contributed by atoms with Gasteiger partial charge in [-0.2, -0.15) is 0 Å². The quantitative estimate of drug-likeness (QED) is 0.679. The van der Waals surface area contributed by atoms with Crippen molar-refractivity contribution < 1.29 is 33.3 Å². The molecule has 0 heterocycles. The Labute approximate surface area is 135 Å². The van der Waals surface area contributed by atoms with Gasteiger partial charge < -0.3 is 23.7 Å². The fourth-order valence-corrected chi connectivity index (χ4v) is 2.04. The van der Waals surface area contributed by atoms with Gasteiger partial charge >= 0.3 is 11.9 Å². The van der Waals surface area contributed by atoms with Crippen LogP contribution in [0.3, 0.4) is 0 Å². The third kappa shape index (κ3) is 4.06. The molecule has 7 nitrogen and oxygen atoms in total. The molecule has 1 rings (SSSR count). The van der Waals surface area contributed by atoms with E-state index in [1.54, 1.807) is 20.8 Å². The molecule has 7 heteroatoms. The van der Waals surface area contributed by atoms with Gasteiger partial charge in [-0.1, -0.05) is 0 Å². The minimum atomic E-state index is -0.658. The van der Waals surface area contributed by atoms with Crippen molar-refractivity contribution in [2.45, 2.75) is 20.8 Å². The first-order chi connectivity index (χ1) is 11.0. The highest BCUT2D eigenvalue weighted by Crippen LogP contribution is 2.40. The van der Waals surface area contributed by atoms with Gasteiger partial charge in [0, 0.05) is 6.07 Å². The van der Waals surface area contributed by atoms with E-state index < -0.39 is 11.9 Å². The average molecular weight is 326 g/mol. The van der Waals surface area contributed by atoms with Crippen LogP contribution in [-0.2, 0) is 9.47 Å². The first kappa shape index (κ1) is 18.6. The second-order valence-electron chi connectivity index (χ2n) is 4.23. The summed E-state index contributed by atoms with van der Waals surface area (Å²) in [6.07, 6.45) is 0. The van der Waals surface area contributed by atoms with Crippen molar-refractivity contribution in [3.8, 4) is 17.2 Å². The minimum Gasteiger partial charge on any atom is -0.496 e. The van der Waals surface area contributed by atoms with E-state index in [-0.39, 0.29) is 41.6 Å². The maximum absolute atomic E-state index is 12.3. The predicted molar refractivity (Wildman–Crippen MR) is 82.6 cm³/mol. The molecule has 23 heavy (non-hydrogen) atoms. The Hall–Kier alpha value is -2.44. The Bertz CT molecular complexity index is 566. The molecule has 0 saturated carbocycles. The lowest BCUT2D eigenvalue weighted by Crippen LogP contribution is -2.15. The van der Waals surface area contributed by atoms with E-state index in [0.717, 1.165) is 0 Å². The van der Waals surface area contributed by atoms with Gasteiger partial charge in [-0.15, -0.1) is 0 Å². The molecule has 1 aromatic carbocycles. The Morgan fingerprint density at radius 3 is 1.74 bits per heavy atom. The van der Waals surface area contributed by atoms with Crippen molar-refractivity contribution in [3.63, 3.8) is 0 Å². The molecule has 0 spiro atoms. The highest BCUT2D eigenvalue weighted by atomic mass is 16.5. The van der Waals surface area contributed by atoms with Gasteiger partial charge in [-0.25, -0.2) is 9.59 Å². The second kappa shape index (κ2) is 8.87. The Morgan fingerprint density at radius 2 is 1.35 bits per heavy atom. The summed E-state index contributed by atoms with van der Waals surface area (Å²) in [6.45, 7) is 5.80. The SMILES string of the molecule is CCOC(=O)c1c(OC)cc(OCC)c(C(=O)OCC)c1OC. The van der Waals surface area contributed by atoms with Gasteiger partial charge in [0.15, 0.2) is 5.75 Å². The lowest BCUT2D eigenvalue weighted by atomic mass is 10.1. The molecule has 0 bridgehead atoms. The predicted octanol–water partition coefficient (Wildman–Crippen LogP) is 2.46. The lowest BCUT2D eigenvalue weighted by molar-refractivity contribution is 0.0512. The van der Waals surface area contributed by atoms with Crippen LogP contribution in [0.25, 0.3) is 0 Å². The summed E-state index contributed by atoms with van der Waals surface area (Å²) >= 11 is 0. The Balaban J connectivity index is 3.65. The van der Waals surface area contributed by atoms with E-state index in [9.17, 15) is 9.59 Å². The zero-order valence-corrected chi connectivity index (χ0v) is 14.1. The summed E-state index contributed by atoms with van der Waals surface area (Å²) in [7, 11) is 2.74. The van der Waals surface area contributed by atoms with Gasteiger partial charge in [0.05, 0.1) is 34.0 Å². The zero-order chi connectivity index (χ0) is 17.4. The molecule has 0 amide bonds. The number of esters is 2. The summed E-state index contributed by atoms with van der Waals surface area (Å²) in [5.41, 5.74) is 0.0448. The number of benzene rings is 1. The fraction of sp³-hybridized carbons (Fsp3) is 0.500. The Morgan fingerprint density at radius 1 is 0.826 bits per heavy atom. The van der Waals surface area contributed by atoms with Crippen molar-refractivity contribution in [1.29, 1.82) is 0 Å². The van der Waals surface area contributed by atoms with Gasteiger partial charge in [0.1, 0.15) is 22.6 Å². The lowest BCUT2D eigenvalue weighted by Gasteiger charge is -2.18. The van der Waals surface area contributed by atoms with Crippen LogP contribution in [0.2, 0.25) is 0 Å². The number of carbonyl (C=O) groups is 2. The summed E-state index contributed by atoms with van der Waals surface area (Å²) in [5.74, 6) is -0.898. The molecular formula is C16H22O7. The second-order valence-corrected chi connectivity index (χ2v) is 4.23. The van der Waals surface area contributed by atoms with Crippen molar-refractivity contribution in [2.24, 2.45) is 0 Å². The van der Waals surface area contributed by atoms with E-state index in [1.165, 1.54) is 20.3 Å². The van der Waals surface area contributed by atoms with Gasteiger partial charge in [-0.3, -0.25) is 0 Å². The highest BCUT2D eigenvalue weighted by Gasteiger charge is 2.30. The van der Waals surface area contributed by atoms with Gasteiger partial charge in [0.25, 0.3) is 0 Å². The normalized spacial score (nSPS) is 9.96. The third-order valence-corrected chi connectivity index (χ3v) is 2.89. The maximum Gasteiger partial charge on any atom is 0.345 e. The smallest absolute Gasteiger partial charge is 0.345 e. The topological polar surface area (TPSA) is 80.3 Å². The van der Waals surface area contributed by atoms with Crippen LogP contribution >= 0.6 is 0 Å². The van der Waals surface area contributed by atoms with Crippen LogP contribution < -0.4 is 14.2 Å². The number of carbonyl (C=O) groups excluding carboxylic acids is 2. The fourth-order valence-electron chi connectivity index (χ4n) is 2.04. The molecule has 0 aliphatic rings. The van der Waals surface area contributed by atoms with Crippen LogP contribution in [0.5, 0.6) is 17.2 Å². The maximum atomic E-state index is 12.3.